The summed E-state index contributed by atoms with van der Waals surface area (Å²) in [5.41, 5.74) is 3.01. The molecule has 0 spiro atoms. The van der Waals surface area contributed by atoms with Crippen LogP contribution in [0.5, 0.6) is 0 Å². The second kappa shape index (κ2) is 8.22. The van der Waals surface area contributed by atoms with Crippen molar-refractivity contribution in [2.24, 2.45) is 5.41 Å². The molecule has 2 atom stereocenters. The lowest BCUT2D eigenvalue weighted by molar-refractivity contribution is -0.0311. The molecule has 0 radical (unpaired) electrons. The lowest BCUT2D eigenvalue weighted by atomic mass is 9.69. The third-order valence-electron chi connectivity index (χ3n) is 5.65. The van der Waals surface area contributed by atoms with Gasteiger partial charge in [0.15, 0.2) is 0 Å². The van der Waals surface area contributed by atoms with Gasteiger partial charge in [0.05, 0.1) is 12.7 Å². The molecule has 0 amide bonds. The summed E-state index contributed by atoms with van der Waals surface area (Å²) in [6.07, 6.45) is 3.08. The Morgan fingerprint density at radius 3 is 1.96 bits per heavy atom. The van der Waals surface area contributed by atoms with Gasteiger partial charge in [0.2, 0.25) is 0 Å². The molecular weight excluding hydrogens is 308 g/mol. The minimum atomic E-state index is -0.641. The Bertz CT molecular complexity index is 542. The Morgan fingerprint density at radius 2 is 1.56 bits per heavy atom. The van der Waals surface area contributed by atoms with Crippen molar-refractivity contribution in [3.05, 3.63) is 34.9 Å². The molecule has 2 heteroatoms. The summed E-state index contributed by atoms with van der Waals surface area (Å²) in [5.74, 6) is 0. The molecule has 0 aliphatic rings. The predicted octanol–water partition coefficient (Wildman–Crippen LogP) is 5.89. The maximum absolute atomic E-state index is 11.3. The Kier molecular flexibility index (Phi) is 7.30. The summed E-state index contributed by atoms with van der Waals surface area (Å²) in [4.78, 5) is 0. The zero-order valence-corrected chi connectivity index (χ0v) is 17.7. The Labute approximate surface area is 155 Å². The predicted molar refractivity (Wildman–Crippen MR) is 108 cm³/mol. The van der Waals surface area contributed by atoms with Crippen LogP contribution >= 0.6 is 0 Å². The van der Waals surface area contributed by atoms with E-state index in [1.807, 2.05) is 0 Å². The number of aliphatic hydroxyl groups is 2. The molecule has 1 aromatic carbocycles. The standard InChI is InChI=1S/C23H40O2/c1-9-11-14-23(10-2,16-24)20(25)18-13-12-17(21(3,4)5)15-19(18)22(6,7)8/h12-13,15,20,24-25H,9-11,14,16H2,1-8H3. The third-order valence-corrected chi connectivity index (χ3v) is 5.65. The normalized spacial score (nSPS) is 16.6. The molecule has 25 heavy (non-hydrogen) atoms. The van der Waals surface area contributed by atoms with E-state index in [4.69, 9.17) is 0 Å². The smallest absolute Gasteiger partial charge is 0.0870 e. The lowest BCUT2D eigenvalue weighted by Gasteiger charge is -2.39. The van der Waals surface area contributed by atoms with E-state index in [1.54, 1.807) is 0 Å². The van der Waals surface area contributed by atoms with Gasteiger partial charge in [-0.2, -0.15) is 0 Å². The van der Waals surface area contributed by atoms with E-state index >= 15 is 0 Å². The number of hydrogen-bond acceptors (Lipinski definition) is 2. The van der Waals surface area contributed by atoms with E-state index < -0.39 is 11.5 Å². The summed E-state index contributed by atoms with van der Waals surface area (Å²) in [5, 5.41) is 21.5. The SMILES string of the molecule is CCCCC(CC)(CO)C(O)c1ccc(C(C)(C)C)cc1C(C)(C)C. The number of rotatable bonds is 7. The largest absolute Gasteiger partial charge is 0.396 e. The van der Waals surface area contributed by atoms with Crippen LogP contribution in [-0.2, 0) is 10.8 Å². The fourth-order valence-electron chi connectivity index (χ4n) is 3.55. The Morgan fingerprint density at radius 1 is 0.960 bits per heavy atom. The molecule has 0 saturated heterocycles. The van der Waals surface area contributed by atoms with Crippen LogP contribution in [0.4, 0.5) is 0 Å². The molecule has 1 rings (SSSR count). The van der Waals surface area contributed by atoms with E-state index in [0.29, 0.717) is 0 Å². The summed E-state index contributed by atoms with van der Waals surface area (Å²) < 4.78 is 0. The van der Waals surface area contributed by atoms with Crippen molar-refractivity contribution >= 4 is 0 Å². The number of unbranched alkanes of at least 4 members (excludes halogenated alkanes) is 1. The first-order valence-electron chi connectivity index (χ1n) is 9.86. The van der Waals surface area contributed by atoms with Crippen LogP contribution < -0.4 is 0 Å². The van der Waals surface area contributed by atoms with Gasteiger partial charge in [-0.15, -0.1) is 0 Å². The zero-order valence-electron chi connectivity index (χ0n) is 17.7. The highest BCUT2D eigenvalue weighted by Crippen LogP contribution is 2.45. The molecule has 0 aliphatic heterocycles. The number of benzene rings is 1. The quantitative estimate of drug-likeness (QED) is 0.644. The van der Waals surface area contributed by atoms with E-state index in [-0.39, 0.29) is 17.4 Å². The van der Waals surface area contributed by atoms with Gasteiger partial charge in [-0.25, -0.2) is 0 Å². The fraction of sp³-hybridized carbons (Fsp3) is 0.739. The van der Waals surface area contributed by atoms with Crippen molar-refractivity contribution in [2.75, 3.05) is 6.61 Å². The van der Waals surface area contributed by atoms with Crippen molar-refractivity contribution in [3.63, 3.8) is 0 Å². The lowest BCUT2D eigenvalue weighted by Crippen LogP contribution is -2.34. The fourth-order valence-corrected chi connectivity index (χ4v) is 3.55. The molecule has 2 N–H and O–H groups in total. The minimum Gasteiger partial charge on any atom is -0.396 e. The van der Waals surface area contributed by atoms with Crippen LogP contribution in [0, 0.1) is 5.41 Å². The molecule has 0 heterocycles. The summed E-state index contributed by atoms with van der Waals surface area (Å²) in [6, 6.07) is 6.50. The highest BCUT2D eigenvalue weighted by Gasteiger charge is 2.38. The summed E-state index contributed by atoms with van der Waals surface area (Å²) in [6.45, 7) is 17.5. The van der Waals surface area contributed by atoms with Crippen LogP contribution in [0.3, 0.4) is 0 Å². The number of hydrogen-bond donors (Lipinski definition) is 2. The van der Waals surface area contributed by atoms with Crippen molar-refractivity contribution < 1.29 is 10.2 Å². The van der Waals surface area contributed by atoms with Gasteiger partial charge < -0.3 is 10.2 Å². The monoisotopic (exact) mass is 348 g/mol. The highest BCUT2D eigenvalue weighted by molar-refractivity contribution is 5.41. The topological polar surface area (TPSA) is 40.5 Å². The molecule has 2 nitrogen and oxygen atoms in total. The maximum Gasteiger partial charge on any atom is 0.0870 e. The first-order valence-corrected chi connectivity index (χ1v) is 9.86. The van der Waals surface area contributed by atoms with Crippen LogP contribution in [0.15, 0.2) is 18.2 Å². The minimum absolute atomic E-state index is 0.0231. The van der Waals surface area contributed by atoms with E-state index in [2.05, 4.69) is 73.6 Å². The van der Waals surface area contributed by atoms with Gasteiger partial charge in [-0.3, -0.25) is 0 Å². The van der Waals surface area contributed by atoms with Crippen LogP contribution in [0.2, 0.25) is 0 Å². The molecule has 1 aromatic rings. The first kappa shape index (κ1) is 22.2. The molecule has 144 valence electrons. The average molecular weight is 349 g/mol. The number of aliphatic hydroxyl groups excluding tert-OH is 2. The maximum atomic E-state index is 11.3. The van der Waals surface area contributed by atoms with Gasteiger partial charge >= 0.3 is 0 Å². The van der Waals surface area contributed by atoms with Gasteiger partial charge in [-0.1, -0.05) is 86.4 Å². The Hall–Kier alpha value is -0.860. The average Bonchev–Trinajstić information content (AvgIpc) is 2.54. The van der Waals surface area contributed by atoms with Crippen LogP contribution in [0.25, 0.3) is 0 Å². The molecule has 0 bridgehead atoms. The van der Waals surface area contributed by atoms with Crippen molar-refractivity contribution in [3.8, 4) is 0 Å². The molecule has 0 aromatic heterocycles. The van der Waals surface area contributed by atoms with Crippen molar-refractivity contribution in [1.82, 2.24) is 0 Å². The molecule has 2 unspecified atom stereocenters. The molecule has 0 saturated carbocycles. The van der Waals surface area contributed by atoms with E-state index in [9.17, 15) is 10.2 Å². The van der Waals surface area contributed by atoms with Gasteiger partial charge in [-0.05, 0) is 40.4 Å². The van der Waals surface area contributed by atoms with Crippen molar-refractivity contribution in [2.45, 2.75) is 98.0 Å². The second-order valence-corrected chi connectivity index (χ2v) is 9.68. The van der Waals surface area contributed by atoms with Crippen LogP contribution in [-0.4, -0.2) is 16.8 Å². The third kappa shape index (κ3) is 5.08. The first-order chi connectivity index (χ1) is 11.4. The van der Waals surface area contributed by atoms with Crippen LogP contribution in [0.1, 0.15) is 104 Å². The molecule has 0 fully saturated rings. The summed E-state index contributed by atoms with van der Waals surface area (Å²) >= 11 is 0. The zero-order chi connectivity index (χ0) is 19.5. The Balaban J connectivity index is 3.48. The molecule has 0 aliphatic carbocycles. The van der Waals surface area contributed by atoms with Gasteiger partial charge in [0.1, 0.15) is 0 Å². The van der Waals surface area contributed by atoms with E-state index in [1.165, 1.54) is 11.1 Å². The summed E-state index contributed by atoms with van der Waals surface area (Å²) in [7, 11) is 0. The van der Waals surface area contributed by atoms with E-state index in [0.717, 1.165) is 31.2 Å². The second-order valence-electron chi connectivity index (χ2n) is 9.68. The highest BCUT2D eigenvalue weighted by atomic mass is 16.3. The van der Waals surface area contributed by atoms with Crippen molar-refractivity contribution in [1.29, 1.82) is 0 Å². The molecular formula is C23H40O2. The van der Waals surface area contributed by atoms with Gasteiger partial charge in [0, 0.05) is 5.41 Å². The van der Waals surface area contributed by atoms with Gasteiger partial charge in [0.25, 0.3) is 0 Å².